The van der Waals surface area contributed by atoms with Gasteiger partial charge in [0.2, 0.25) is 0 Å². The quantitative estimate of drug-likeness (QED) is 0.364. The van der Waals surface area contributed by atoms with Gasteiger partial charge in [0.15, 0.2) is 0 Å². The second-order valence-electron chi connectivity index (χ2n) is 6.86. The molecule has 1 N–H and O–H groups in total. The first-order valence-electron chi connectivity index (χ1n) is 9.09. The molecule has 0 heterocycles. The van der Waals surface area contributed by atoms with Crippen LogP contribution in [-0.2, 0) is 0 Å². The maximum Gasteiger partial charge on any atom is 0.123 e. The lowest BCUT2D eigenvalue weighted by molar-refractivity contribution is 0.477. The molecular weight excluding hydrogens is 328 g/mol. The van der Waals surface area contributed by atoms with E-state index in [1.54, 1.807) is 6.07 Å². The minimum absolute atomic E-state index is 0.301. The van der Waals surface area contributed by atoms with Gasteiger partial charge in [-0.1, -0.05) is 78.9 Å². The van der Waals surface area contributed by atoms with Crippen molar-refractivity contribution in [1.29, 1.82) is 0 Å². The monoisotopic (exact) mass is 346 g/mol. The van der Waals surface area contributed by atoms with E-state index in [0.29, 0.717) is 5.75 Å². The van der Waals surface area contributed by atoms with Crippen LogP contribution in [0.5, 0.6) is 5.75 Å². The Hall–Kier alpha value is -3.58. The van der Waals surface area contributed by atoms with Crippen LogP contribution >= 0.6 is 0 Å². The zero-order valence-electron chi connectivity index (χ0n) is 14.8. The molecule has 5 aromatic carbocycles. The molecule has 0 aliphatic heterocycles. The van der Waals surface area contributed by atoms with Crippen LogP contribution in [0.3, 0.4) is 0 Å². The number of hydrogen-bond acceptors (Lipinski definition) is 1. The molecule has 128 valence electrons. The molecule has 5 aromatic rings. The van der Waals surface area contributed by atoms with E-state index in [0.717, 1.165) is 22.3 Å². The van der Waals surface area contributed by atoms with Gasteiger partial charge < -0.3 is 5.11 Å². The van der Waals surface area contributed by atoms with Gasteiger partial charge in [0.1, 0.15) is 5.75 Å². The Morgan fingerprint density at radius 2 is 0.889 bits per heavy atom. The second kappa shape index (κ2) is 6.30. The Labute approximate surface area is 158 Å². The van der Waals surface area contributed by atoms with Crippen molar-refractivity contribution in [3.8, 4) is 28.0 Å². The summed E-state index contributed by atoms with van der Waals surface area (Å²) in [5.41, 5.74) is 4.12. The lowest BCUT2D eigenvalue weighted by Crippen LogP contribution is -1.84. The Kier molecular flexibility index (Phi) is 3.65. The SMILES string of the molecule is Oc1ccc(-c2ccc3ccccc3c2)cc1-c1ccc2ccccc2c1. The van der Waals surface area contributed by atoms with Crippen LogP contribution in [0.2, 0.25) is 0 Å². The fourth-order valence-electron chi connectivity index (χ4n) is 3.67. The van der Waals surface area contributed by atoms with Crippen LogP contribution in [-0.4, -0.2) is 5.11 Å². The van der Waals surface area contributed by atoms with Crippen LogP contribution in [0.25, 0.3) is 43.8 Å². The van der Waals surface area contributed by atoms with Crippen molar-refractivity contribution in [1.82, 2.24) is 0 Å². The zero-order chi connectivity index (χ0) is 18.2. The van der Waals surface area contributed by atoms with Gasteiger partial charge in [0, 0.05) is 5.56 Å². The molecule has 0 radical (unpaired) electrons. The summed E-state index contributed by atoms with van der Waals surface area (Å²) >= 11 is 0. The van der Waals surface area contributed by atoms with Crippen LogP contribution in [0.15, 0.2) is 103 Å². The van der Waals surface area contributed by atoms with E-state index >= 15 is 0 Å². The van der Waals surface area contributed by atoms with Crippen LogP contribution in [0, 0.1) is 0 Å². The zero-order valence-corrected chi connectivity index (χ0v) is 14.8. The van der Waals surface area contributed by atoms with E-state index in [1.807, 2.05) is 18.2 Å². The number of aromatic hydroxyl groups is 1. The van der Waals surface area contributed by atoms with Crippen molar-refractivity contribution >= 4 is 21.5 Å². The first-order valence-corrected chi connectivity index (χ1v) is 9.09. The number of phenolic OH excluding ortho intramolecular Hbond substituents is 1. The lowest BCUT2D eigenvalue weighted by Gasteiger charge is -2.10. The number of benzene rings is 5. The number of rotatable bonds is 2. The smallest absolute Gasteiger partial charge is 0.123 e. The molecule has 0 saturated heterocycles. The van der Waals surface area contributed by atoms with Crippen molar-refractivity contribution in [2.45, 2.75) is 0 Å². The van der Waals surface area contributed by atoms with E-state index in [9.17, 15) is 5.11 Å². The molecule has 5 rings (SSSR count). The summed E-state index contributed by atoms with van der Waals surface area (Å²) in [5.74, 6) is 0.301. The van der Waals surface area contributed by atoms with Gasteiger partial charge in [-0.15, -0.1) is 0 Å². The van der Waals surface area contributed by atoms with E-state index in [1.165, 1.54) is 21.5 Å². The predicted octanol–water partition coefficient (Wildman–Crippen LogP) is 7.03. The maximum atomic E-state index is 10.5. The van der Waals surface area contributed by atoms with E-state index < -0.39 is 0 Å². The minimum atomic E-state index is 0.301. The van der Waals surface area contributed by atoms with E-state index in [2.05, 4.69) is 78.9 Å². The first-order chi connectivity index (χ1) is 13.3. The number of fused-ring (bicyclic) bond motifs is 2. The summed E-state index contributed by atoms with van der Waals surface area (Å²) < 4.78 is 0. The van der Waals surface area contributed by atoms with Gasteiger partial charge in [-0.05, 0) is 62.5 Å². The summed E-state index contributed by atoms with van der Waals surface area (Å²) in [4.78, 5) is 0. The van der Waals surface area contributed by atoms with Gasteiger partial charge in [-0.2, -0.15) is 0 Å². The second-order valence-corrected chi connectivity index (χ2v) is 6.86. The van der Waals surface area contributed by atoms with Crippen molar-refractivity contribution in [2.24, 2.45) is 0 Å². The molecule has 0 amide bonds. The lowest BCUT2D eigenvalue weighted by atomic mass is 9.95. The molecule has 0 unspecified atom stereocenters. The standard InChI is InChI=1S/C26H18O/c27-26-14-13-23(22-11-9-18-5-1-3-7-20(18)15-22)17-25(26)24-12-10-19-6-2-4-8-21(19)16-24/h1-17,27H. The van der Waals surface area contributed by atoms with Gasteiger partial charge >= 0.3 is 0 Å². The highest BCUT2D eigenvalue weighted by Gasteiger charge is 2.08. The predicted molar refractivity (Wildman–Crippen MR) is 114 cm³/mol. The molecule has 0 aliphatic carbocycles. The highest BCUT2D eigenvalue weighted by Crippen LogP contribution is 2.35. The van der Waals surface area contributed by atoms with E-state index in [4.69, 9.17) is 0 Å². The summed E-state index contributed by atoms with van der Waals surface area (Å²) in [5, 5.41) is 15.3. The molecule has 0 spiro atoms. The molecule has 27 heavy (non-hydrogen) atoms. The van der Waals surface area contributed by atoms with Crippen LogP contribution in [0.1, 0.15) is 0 Å². The summed E-state index contributed by atoms with van der Waals surface area (Å²) in [6.07, 6.45) is 0. The average molecular weight is 346 g/mol. The van der Waals surface area contributed by atoms with Crippen molar-refractivity contribution in [3.63, 3.8) is 0 Å². The Morgan fingerprint density at radius 3 is 1.56 bits per heavy atom. The van der Waals surface area contributed by atoms with Crippen molar-refractivity contribution in [2.75, 3.05) is 0 Å². The summed E-state index contributed by atoms with van der Waals surface area (Å²) in [6.45, 7) is 0. The molecule has 0 bridgehead atoms. The third kappa shape index (κ3) is 2.84. The van der Waals surface area contributed by atoms with Crippen molar-refractivity contribution in [3.05, 3.63) is 103 Å². The Balaban J connectivity index is 1.64. The van der Waals surface area contributed by atoms with Crippen molar-refractivity contribution < 1.29 is 5.11 Å². The molecule has 0 saturated carbocycles. The Bertz CT molecular complexity index is 1280. The molecule has 0 fully saturated rings. The summed E-state index contributed by atoms with van der Waals surface area (Å²) in [7, 11) is 0. The van der Waals surface area contributed by atoms with E-state index in [-0.39, 0.29) is 0 Å². The van der Waals surface area contributed by atoms with Gasteiger partial charge in [0.05, 0.1) is 0 Å². The topological polar surface area (TPSA) is 20.2 Å². The summed E-state index contributed by atoms with van der Waals surface area (Å²) in [6, 6.07) is 35.3. The fourth-order valence-corrected chi connectivity index (χ4v) is 3.67. The fraction of sp³-hybridized carbons (Fsp3) is 0. The first kappa shape index (κ1) is 15.7. The molecule has 1 nitrogen and oxygen atoms in total. The molecule has 0 atom stereocenters. The Morgan fingerprint density at radius 1 is 0.407 bits per heavy atom. The average Bonchev–Trinajstić information content (AvgIpc) is 2.73. The number of hydrogen-bond donors (Lipinski definition) is 1. The normalized spacial score (nSPS) is 11.1. The minimum Gasteiger partial charge on any atom is -0.507 e. The van der Waals surface area contributed by atoms with Gasteiger partial charge in [-0.25, -0.2) is 0 Å². The highest BCUT2D eigenvalue weighted by molar-refractivity contribution is 5.91. The van der Waals surface area contributed by atoms with Gasteiger partial charge in [0.25, 0.3) is 0 Å². The molecule has 0 aliphatic rings. The van der Waals surface area contributed by atoms with Crippen LogP contribution < -0.4 is 0 Å². The largest absolute Gasteiger partial charge is 0.507 e. The third-order valence-corrected chi connectivity index (χ3v) is 5.14. The molecule has 1 heteroatoms. The maximum absolute atomic E-state index is 10.5. The van der Waals surface area contributed by atoms with Gasteiger partial charge in [-0.3, -0.25) is 0 Å². The highest BCUT2D eigenvalue weighted by atomic mass is 16.3. The number of phenols is 1. The molecule has 0 aromatic heterocycles. The van der Waals surface area contributed by atoms with Crippen LogP contribution in [0.4, 0.5) is 0 Å². The molecular formula is C26H18O. The third-order valence-electron chi connectivity index (χ3n) is 5.14.